The van der Waals surface area contributed by atoms with Crippen LogP contribution in [0.2, 0.25) is 0 Å². The van der Waals surface area contributed by atoms with Gasteiger partial charge in [-0.1, -0.05) is 0 Å². The van der Waals surface area contributed by atoms with Crippen LogP contribution in [0.4, 0.5) is 0 Å². The lowest BCUT2D eigenvalue weighted by Gasteiger charge is -2.22. The lowest BCUT2D eigenvalue weighted by atomic mass is 10.2. The summed E-state index contributed by atoms with van der Waals surface area (Å²) in [5.74, 6) is 0. The summed E-state index contributed by atoms with van der Waals surface area (Å²) < 4.78 is 0. The van der Waals surface area contributed by atoms with Crippen LogP contribution in [0.1, 0.15) is 13.8 Å². The highest BCUT2D eigenvalue weighted by Gasteiger charge is 2.07. The lowest BCUT2D eigenvalue weighted by Crippen LogP contribution is -2.39. The van der Waals surface area contributed by atoms with Crippen LogP contribution >= 0.6 is 0 Å². The number of hydrogen-bond acceptors (Lipinski definition) is 2. The summed E-state index contributed by atoms with van der Waals surface area (Å²) in [6, 6.07) is 0.750. The third-order valence-corrected chi connectivity index (χ3v) is 1.58. The van der Waals surface area contributed by atoms with Gasteiger partial charge < -0.3 is 10.6 Å². The predicted octanol–water partition coefficient (Wildman–Crippen LogP) is 0.284. The molecule has 2 nitrogen and oxygen atoms in total. The molecule has 0 aromatic carbocycles. The monoisotopic (exact) mass is 116 g/mol. The third kappa shape index (κ3) is 2.28. The molecule has 0 rings (SSSR count). The highest BCUT2D eigenvalue weighted by molar-refractivity contribution is 4.68. The van der Waals surface area contributed by atoms with Crippen molar-refractivity contribution in [3.63, 3.8) is 0 Å². The van der Waals surface area contributed by atoms with Gasteiger partial charge in [-0.3, -0.25) is 0 Å². The second-order valence-corrected chi connectivity index (χ2v) is 2.56. The summed E-state index contributed by atoms with van der Waals surface area (Å²) in [5.41, 5.74) is 5.60. The maximum absolute atomic E-state index is 5.60. The van der Waals surface area contributed by atoms with Crippen LogP contribution in [-0.2, 0) is 0 Å². The van der Waals surface area contributed by atoms with Gasteiger partial charge in [0.05, 0.1) is 0 Å². The second kappa shape index (κ2) is 3.05. The SMILES string of the molecule is C[C@H](N)[C@@H](C)N(C)C. The highest BCUT2D eigenvalue weighted by atomic mass is 15.1. The van der Waals surface area contributed by atoms with Gasteiger partial charge in [-0.25, -0.2) is 0 Å². The highest BCUT2D eigenvalue weighted by Crippen LogP contribution is 1.93. The summed E-state index contributed by atoms with van der Waals surface area (Å²) in [5, 5.41) is 0. The first-order valence-electron chi connectivity index (χ1n) is 2.97. The molecular weight excluding hydrogens is 100 g/mol. The van der Waals surface area contributed by atoms with Crippen LogP contribution in [0.25, 0.3) is 0 Å². The minimum Gasteiger partial charge on any atom is -0.327 e. The van der Waals surface area contributed by atoms with Gasteiger partial charge in [-0.15, -0.1) is 0 Å². The first kappa shape index (κ1) is 7.92. The zero-order chi connectivity index (χ0) is 6.73. The standard InChI is InChI=1S/C6H16N2/c1-5(7)6(2)8(3)4/h5-6H,7H2,1-4H3/t5-,6+/m0/s1. The molecule has 0 aliphatic carbocycles. The molecule has 0 bridgehead atoms. The average Bonchev–Trinajstić information content (AvgIpc) is 1.64. The van der Waals surface area contributed by atoms with Gasteiger partial charge >= 0.3 is 0 Å². The van der Waals surface area contributed by atoms with Crippen molar-refractivity contribution in [2.24, 2.45) is 5.73 Å². The molecule has 0 saturated carbocycles. The first-order chi connectivity index (χ1) is 3.55. The minimum absolute atomic E-state index is 0.269. The molecule has 0 amide bonds. The zero-order valence-corrected chi connectivity index (χ0v) is 6.18. The first-order valence-corrected chi connectivity index (χ1v) is 2.97. The van der Waals surface area contributed by atoms with E-state index >= 15 is 0 Å². The fourth-order valence-corrected chi connectivity index (χ4v) is 0.470. The molecule has 2 atom stereocenters. The summed E-state index contributed by atoms with van der Waals surface area (Å²) in [6.45, 7) is 4.13. The normalized spacial score (nSPS) is 18.8. The quantitative estimate of drug-likeness (QED) is 0.561. The van der Waals surface area contributed by atoms with E-state index in [1.54, 1.807) is 0 Å². The van der Waals surface area contributed by atoms with Gasteiger partial charge in [0.15, 0.2) is 0 Å². The van der Waals surface area contributed by atoms with Crippen LogP contribution in [0.3, 0.4) is 0 Å². The molecule has 0 fully saturated rings. The van der Waals surface area contributed by atoms with E-state index in [4.69, 9.17) is 5.73 Å². The van der Waals surface area contributed by atoms with Crippen molar-refractivity contribution in [2.45, 2.75) is 25.9 Å². The van der Waals surface area contributed by atoms with Crippen LogP contribution in [0.5, 0.6) is 0 Å². The number of rotatable bonds is 2. The van der Waals surface area contributed by atoms with Crippen LogP contribution < -0.4 is 5.73 Å². The minimum atomic E-state index is 0.269. The summed E-state index contributed by atoms with van der Waals surface area (Å²) in [7, 11) is 4.07. The molecule has 0 unspecified atom stereocenters. The molecule has 0 radical (unpaired) electrons. The van der Waals surface area contributed by atoms with Crippen molar-refractivity contribution in [1.82, 2.24) is 4.90 Å². The summed E-state index contributed by atoms with van der Waals surface area (Å²) >= 11 is 0. The Bertz CT molecular complexity index is 51.5. The molecule has 0 aromatic rings. The molecule has 2 N–H and O–H groups in total. The Morgan fingerprint density at radius 3 is 1.62 bits per heavy atom. The average molecular weight is 116 g/mol. The van der Waals surface area contributed by atoms with Crippen LogP contribution in [0, 0.1) is 0 Å². The Morgan fingerprint density at radius 1 is 1.25 bits per heavy atom. The van der Waals surface area contributed by atoms with E-state index in [1.807, 2.05) is 21.0 Å². The number of nitrogens with two attached hydrogens (primary N) is 1. The molecule has 0 saturated heterocycles. The van der Waals surface area contributed by atoms with Gasteiger partial charge in [-0.05, 0) is 27.9 Å². The van der Waals surface area contributed by atoms with Gasteiger partial charge in [-0.2, -0.15) is 0 Å². The Balaban J connectivity index is 3.46. The summed E-state index contributed by atoms with van der Waals surface area (Å²) in [4.78, 5) is 2.12. The summed E-state index contributed by atoms with van der Waals surface area (Å²) in [6.07, 6.45) is 0. The molecule has 0 heterocycles. The van der Waals surface area contributed by atoms with Gasteiger partial charge in [0.1, 0.15) is 0 Å². The molecule has 0 aliphatic heterocycles. The van der Waals surface area contributed by atoms with E-state index in [2.05, 4.69) is 11.8 Å². The van der Waals surface area contributed by atoms with Crippen molar-refractivity contribution in [2.75, 3.05) is 14.1 Å². The van der Waals surface area contributed by atoms with E-state index < -0.39 is 0 Å². The number of nitrogens with zero attached hydrogens (tertiary/aromatic N) is 1. The van der Waals surface area contributed by atoms with E-state index in [1.165, 1.54) is 0 Å². The molecular formula is C6H16N2. The van der Waals surface area contributed by atoms with Gasteiger partial charge in [0, 0.05) is 12.1 Å². The van der Waals surface area contributed by atoms with Crippen molar-refractivity contribution < 1.29 is 0 Å². The maximum atomic E-state index is 5.60. The largest absolute Gasteiger partial charge is 0.327 e. The molecule has 0 spiro atoms. The fourth-order valence-electron chi connectivity index (χ4n) is 0.470. The zero-order valence-electron chi connectivity index (χ0n) is 6.18. The molecule has 0 aromatic heterocycles. The number of likely N-dealkylation sites (N-methyl/N-ethyl adjacent to an activating group) is 1. The Morgan fingerprint density at radius 2 is 1.62 bits per heavy atom. The Hall–Kier alpha value is -0.0800. The van der Waals surface area contributed by atoms with Crippen LogP contribution in [0.15, 0.2) is 0 Å². The molecule has 2 heteroatoms. The van der Waals surface area contributed by atoms with Gasteiger partial charge in [0.25, 0.3) is 0 Å². The Labute approximate surface area is 51.7 Å². The van der Waals surface area contributed by atoms with E-state index in [0.29, 0.717) is 6.04 Å². The fraction of sp³-hybridized carbons (Fsp3) is 1.00. The number of hydrogen-bond donors (Lipinski definition) is 1. The van der Waals surface area contributed by atoms with Crippen LogP contribution in [-0.4, -0.2) is 31.1 Å². The van der Waals surface area contributed by atoms with Gasteiger partial charge in [0.2, 0.25) is 0 Å². The molecule has 8 heavy (non-hydrogen) atoms. The predicted molar refractivity (Wildman–Crippen MR) is 36.8 cm³/mol. The molecule has 50 valence electrons. The molecule has 0 aliphatic rings. The Kier molecular flexibility index (Phi) is 3.02. The van der Waals surface area contributed by atoms with Crippen molar-refractivity contribution >= 4 is 0 Å². The van der Waals surface area contributed by atoms with Crippen molar-refractivity contribution in [3.05, 3.63) is 0 Å². The van der Waals surface area contributed by atoms with Crippen molar-refractivity contribution in [1.29, 1.82) is 0 Å². The third-order valence-electron chi connectivity index (χ3n) is 1.58. The lowest BCUT2D eigenvalue weighted by molar-refractivity contribution is 0.281. The van der Waals surface area contributed by atoms with E-state index in [0.717, 1.165) is 0 Å². The maximum Gasteiger partial charge on any atom is 0.0210 e. The van der Waals surface area contributed by atoms with Crippen molar-refractivity contribution in [3.8, 4) is 0 Å². The topological polar surface area (TPSA) is 29.3 Å². The van der Waals surface area contributed by atoms with E-state index in [9.17, 15) is 0 Å². The van der Waals surface area contributed by atoms with E-state index in [-0.39, 0.29) is 6.04 Å². The second-order valence-electron chi connectivity index (χ2n) is 2.56. The smallest absolute Gasteiger partial charge is 0.0210 e.